The van der Waals surface area contributed by atoms with Gasteiger partial charge in [0.2, 0.25) is 5.91 Å². The Kier molecular flexibility index (Phi) is 5.33. The Morgan fingerprint density at radius 3 is 3.00 bits per heavy atom. The highest BCUT2D eigenvalue weighted by Gasteiger charge is 2.15. The number of pyridine rings is 1. The number of nitrogens with one attached hydrogen (secondary N) is 2. The predicted molar refractivity (Wildman–Crippen MR) is 75.6 cm³/mol. The lowest BCUT2D eigenvalue weighted by Gasteiger charge is -2.22. The first-order valence-corrected chi connectivity index (χ1v) is 7.15. The quantitative estimate of drug-likeness (QED) is 0.853. The third kappa shape index (κ3) is 4.63. The van der Waals surface area contributed by atoms with Gasteiger partial charge in [-0.3, -0.25) is 9.78 Å². The first-order chi connectivity index (χ1) is 9.25. The molecule has 2 atom stereocenters. The van der Waals surface area contributed by atoms with Crippen molar-refractivity contribution in [3.8, 4) is 0 Å². The second-order valence-electron chi connectivity index (χ2n) is 5.32. The number of carbonyl (C=O) groups is 1. The highest BCUT2D eigenvalue weighted by atomic mass is 16.1. The van der Waals surface area contributed by atoms with Gasteiger partial charge in [0.1, 0.15) is 0 Å². The van der Waals surface area contributed by atoms with E-state index in [9.17, 15) is 4.79 Å². The van der Waals surface area contributed by atoms with Crippen LogP contribution in [-0.4, -0.2) is 24.0 Å². The molecule has 1 aromatic heterocycles. The first-order valence-electron chi connectivity index (χ1n) is 7.15. The summed E-state index contributed by atoms with van der Waals surface area (Å²) in [5.74, 6) is 0.811. The van der Waals surface area contributed by atoms with Crippen molar-refractivity contribution in [1.82, 2.24) is 15.6 Å². The summed E-state index contributed by atoms with van der Waals surface area (Å²) in [6, 6.07) is 3.94. The Bertz CT molecular complexity index is 388. The molecule has 0 aromatic carbocycles. The summed E-state index contributed by atoms with van der Waals surface area (Å²) in [7, 11) is 0. The second kappa shape index (κ2) is 7.24. The molecule has 1 fully saturated rings. The Balaban J connectivity index is 1.71. The first kappa shape index (κ1) is 14.0. The van der Waals surface area contributed by atoms with E-state index in [0.717, 1.165) is 25.1 Å². The molecule has 0 spiro atoms. The summed E-state index contributed by atoms with van der Waals surface area (Å²) in [6.07, 6.45) is 7.61. The normalized spacial score (nSPS) is 20.8. The molecule has 0 radical (unpaired) electrons. The van der Waals surface area contributed by atoms with Crippen LogP contribution in [0.3, 0.4) is 0 Å². The molecule has 1 amide bonds. The van der Waals surface area contributed by atoms with Crippen LogP contribution in [0.2, 0.25) is 0 Å². The van der Waals surface area contributed by atoms with E-state index in [1.165, 1.54) is 12.8 Å². The van der Waals surface area contributed by atoms with Crippen molar-refractivity contribution < 1.29 is 4.79 Å². The lowest BCUT2D eigenvalue weighted by Crippen LogP contribution is -2.31. The lowest BCUT2D eigenvalue weighted by molar-refractivity contribution is -0.122. The fourth-order valence-corrected chi connectivity index (χ4v) is 2.55. The molecule has 0 saturated carbocycles. The largest absolute Gasteiger partial charge is 0.350 e. The summed E-state index contributed by atoms with van der Waals surface area (Å²) in [5.41, 5.74) is 1.10. The third-order valence-electron chi connectivity index (χ3n) is 3.76. The van der Waals surface area contributed by atoms with Gasteiger partial charge in [-0.1, -0.05) is 0 Å². The average Bonchev–Trinajstić information content (AvgIpc) is 2.47. The van der Waals surface area contributed by atoms with Gasteiger partial charge < -0.3 is 10.6 Å². The molecule has 1 aliphatic heterocycles. The zero-order chi connectivity index (χ0) is 13.5. The SMILES string of the molecule is C[C@@H](NC(=O)CCC1CCCNC1)c1ccncc1. The van der Waals surface area contributed by atoms with Crippen molar-refractivity contribution in [3.63, 3.8) is 0 Å². The van der Waals surface area contributed by atoms with Crippen LogP contribution in [0.5, 0.6) is 0 Å². The Morgan fingerprint density at radius 1 is 1.53 bits per heavy atom. The summed E-state index contributed by atoms with van der Waals surface area (Å²) >= 11 is 0. The minimum atomic E-state index is 0.0555. The van der Waals surface area contributed by atoms with Gasteiger partial charge in [-0.25, -0.2) is 0 Å². The summed E-state index contributed by atoms with van der Waals surface area (Å²) in [4.78, 5) is 15.9. The molecule has 0 bridgehead atoms. The van der Waals surface area contributed by atoms with E-state index in [4.69, 9.17) is 0 Å². The number of piperidine rings is 1. The minimum absolute atomic E-state index is 0.0555. The van der Waals surface area contributed by atoms with Crippen molar-refractivity contribution >= 4 is 5.91 Å². The molecular formula is C15H23N3O. The molecule has 2 rings (SSSR count). The fourth-order valence-electron chi connectivity index (χ4n) is 2.55. The van der Waals surface area contributed by atoms with Crippen LogP contribution in [0.25, 0.3) is 0 Å². The van der Waals surface area contributed by atoms with Gasteiger partial charge in [0.25, 0.3) is 0 Å². The minimum Gasteiger partial charge on any atom is -0.350 e. The van der Waals surface area contributed by atoms with Gasteiger partial charge in [0.15, 0.2) is 0 Å². The predicted octanol–water partition coefficient (Wildman–Crippen LogP) is 2.04. The number of rotatable bonds is 5. The summed E-state index contributed by atoms with van der Waals surface area (Å²) in [5, 5.41) is 6.44. The summed E-state index contributed by atoms with van der Waals surface area (Å²) in [6.45, 7) is 4.20. The molecule has 0 aliphatic carbocycles. The van der Waals surface area contributed by atoms with E-state index in [0.29, 0.717) is 12.3 Å². The average molecular weight is 261 g/mol. The van der Waals surface area contributed by atoms with E-state index in [1.54, 1.807) is 12.4 Å². The third-order valence-corrected chi connectivity index (χ3v) is 3.76. The molecule has 4 nitrogen and oxygen atoms in total. The Labute approximate surface area is 115 Å². The number of nitrogens with zero attached hydrogens (tertiary/aromatic N) is 1. The summed E-state index contributed by atoms with van der Waals surface area (Å²) < 4.78 is 0. The molecule has 1 aromatic rings. The van der Waals surface area contributed by atoms with Crippen molar-refractivity contribution in [1.29, 1.82) is 0 Å². The number of hydrogen-bond donors (Lipinski definition) is 2. The van der Waals surface area contributed by atoms with E-state index in [-0.39, 0.29) is 11.9 Å². The van der Waals surface area contributed by atoms with E-state index in [1.807, 2.05) is 19.1 Å². The smallest absolute Gasteiger partial charge is 0.220 e. The Morgan fingerprint density at radius 2 is 2.32 bits per heavy atom. The van der Waals surface area contributed by atoms with Gasteiger partial charge >= 0.3 is 0 Å². The number of aromatic nitrogens is 1. The van der Waals surface area contributed by atoms with E-state index >= 15 is 0 Å². The number of hydrogen-bond acceptors (Lipinski definition) is 3. The molecule has 104 valence electrons. The van der Waals surface area contributed by atoms with Crippen LogP contribution >= 0.6 is 0 Å². The topological polar surface area (TPSA) is 54.0 Å². The fraction of sp³-hybridized carbons (Fsp3) is 0.600. The van der Waals surface area contributed by atoms with Crippen LogP contribution in [0.15, 0.2) is 24.5 Å². The molecule has 1 unspecified atom stereocenters. The van der Waals surface area contributed by atoms with Crippen molar-refractivity contribution in [2.24, 2.45) is 5.92 Å². The Hall–Kier alpha value is -1.42. The molecule has 1 aliphatic rings. The maximum Gasteiger partial charge on any atom is 0.220 e. The molecule has 1 saturated heterocycles. The van der Waals surface area contributed by atoms with Gasteiger partial charge in [0, 0.05) is 18.8 Å². The monoisotopic (exact) mass is 261 g/mol. The maximum atomic E-state index is 11.9. The van der Waals surface area contributed by atoms with Crippen LogP contribution in [0, 0.1) is 5.92 Å². The molecular weight excluding hydrogens is 238 g/mol. The van der Waals surface area contributed by atoms with Gasteiger partial charge in [-0.15, -0.1) is 0 Å². The van der Waals surface area contributed by atoms with E-state index < -0.39 is 0 Å². The number of amides is 1. The molecule has 2 heterocycles. The zero-order valence-corrected chi connectivity index (χ0v) is 11.6. The van der Waals surface area contributed by atoms with Crippen molar-refractivity contribution in [3.05, 3.63) is 30.1 Å². The van der Waals surface area contributed by atoms with Gasteiger partial charge in [0.05, 0.1) is 6.04 Å². The van der Waals surface area contributed by atoms with Gasteiger partial charge in [-0.2, -0.15) is 0 Å². The molecule has 2 N–H and O–H groups in total. The van der Waals surface area contributed by atoms with Crippen LogP contribution in [-0.2, 0) is 4.79 Å². The van der Waals surface area contributed by atoms with E-state index in [2.05, 4.69) is 15.6 Å². The zero-order valence-electron chi connectivity index (χ0n) is 11.6. The lowest BCUT2D eigenvalue weighted by atomic mass is 9.94. The van der Waals surface area contributed by atoms with Crippen molar-refractivity contribution in [2.45, 2.75) is 38.6 Å². The van der Waals surface area contributed by atoms with Gasteiger partial charge in [-0.05, 0) is 62.9 Å². The highest BCUT2D eigenvalue weighted by Crippen LogP contribution is 2.16. The molecule has 19 heavy (non-hydrogen) atoms. The van der Waals surface area contributed by atoms with Crippen LogP contribution in [0.4, 0.5) is 0 Å². The van der Waals surface area contributed by atoms with Crippen LogP contribution in [0.1, 0.15) is 44.2 Å². The molecule has 4 heteroatoms. The standard InChI is InChI=1S/C15H23N3O/c1-12(14-6-9-16-10-7-14)18-15(19)5-4-13-3-2-8-17-11-13/h6-7,9-10,12-13,17H,2-5,8,11H2,1H3,(H,18,19)/t12-,13?/m1/s1. The second-order valence-corrected chi connectivity index (χ2v) is 5.32. The highest BCUT2D eigenvalue weighted by molar-refractivity contribution is 5.76. The maximum absolute atomic E-state index is 11.9. The van der Waals surface area contributed by atoms with Crippen LogP contribution < -0.4 is 10.6 Å². The number of carbonyl (C=O) groups excluding carboxylic acids is 1. The van der Waals surface area contributed by atoms with Crippen molar-refractivity contribution in [2.75, 3.05) is 13.1 Å².